The van der Waals surface area contributed by atoms with Crippen LogP contribution >= 0.6 is 0 Å². The summed E-state index contributed by atoms with van der Waals surface area (Å²) in [6, 6.07) is 18.4. The van der Waals surface area contributed by atoms with E-state index in [1.807, 2.05) is 35.2 Å². The summed E-state index contributed by atoms with van der Waals surface area (Å²) in [6.45, 7) is 5.83. The Bertz CT molecular complexity index is 836. The molecule has 166 valence electrons. The maximum atomic E-state index is 12.3. The van der Waals surface area contributed by atoms with Crippen molar-refractivity contribution >= 4 is 11.9 Å². The Morgan fingerprint density at radius 3 is 2.65 bits per heavy atom. The molecular formula is C25H34N4O2. The minimum Gasteiger partial charge on any atom is -0.494 e. The van der Waals surface area contributed by atoms with E-state index in [-0.39, 0.29) is 5.91 Å². The molecule has 31 heavy (non-hydrogen) atoms. The van der Waals surface area contributed by atoms with E-state index in [9.17, 15) is 4.79 Å². The summed E-state index contributed by atoms with van der Waals surface area (Å²) < 4.78 is 5.75. The van der Waals surface area contributed by atoms with E-state index in [0.717, 1.165) is 50.7 Å². The second-order valence-corrected chi connectivity index (χ2v) is 8.04. The minimum atomic E-state index is 0.249. The van der Waals surface area contributed by atoms with E-state index in [1.165, 1.54) is 11.1 Å². The van der Waals surface area contributed by atoms with Gasteiger partial charge in [-0.25, -0.2) is 0 Å². The van der Waals surface area contributed by atoms with Crippen molar-refractivity contribution in [3.8, 4) is 5.75 Å². The SMILES string of the molecule is CN=C(NCCCOc1ccc(C)cc1)NCC1CC(=O)N(CCc2ccccc2)C1. The van der Waals surface area contributed by atoms with Gasteiger partial charge < -0.3 is 20.3 Å². The van der Waals surface area contributed by atoms with Gasteiger partial charge in [0.2, 0.25) is 5.91 Å². The monoisotopic (exact) mass is 422 g/mol. The first-order valence-corrected chi connectivity index (χ1v) is 11.1. The van der Waals surface area contributed by atoms with Crippen LogP contribution in [-0.2, 0) is 11.2 Å². The van der Waals surface area contributed by atoms with Crippen LogP contribution in [0, 0.1) is 12.8 Å². The molecule has 6 heteroatoms. The van der Waals surface area contributed by atoms with Crippen LogP contribution in [0.4, 0.5) is 0 Å². The Hall–Kier alpha value is -3.02. The van der Waals surface area contributed by atoms with E-state index < -0.39 is 0 Å². The van der Waals surface area contributed by atoms with Crippen molar-refractivity contribution in [1.82, 2.24) is 15.5 Å². The number of carbonyl (C=O) groups is 1. The lowest BCUT2D eigenvalue weighted by Crippen LogP contribution is -2.41. The number of carbonyl (C=O) groups excluding carboxylic acids is 1. The van der Waals surface area contributed by atoms with Gasteiger partial charge in [-0.05, 0) is 37.5 Å². The quantitative estimate of drug-likeness (QED) is 0.351. The van der Waals surface area contributed by atoms with Crippen molar-refractivity contribution in [3.05, 3.63) is 65.7 Å². The van der Waals surface area contributed by atoms with Crippen LogP contribution in [0.3, 0.4) is 0 Å². The van der Waals surface area contributed by atoms with Crippen molar-refractivity contribution in [2.45, 2.75) is 26.2 Å². The van der Waals surface area contributed by atoms with E-state index in [0.29, 0.717) is 18.9 Å². The number of ether oxygens (including phenoxy) is 1. The number of nitrogens with one attached hydrogen (secondary N) is 2. The van der Waals surface area contributed by atoms with Crippen LogP contribution in [0.5, 0.6) is 5.75 Å². The zero-order valence-corrected chi connectivity index (χ0v) is 18.6. The maximum Gasteiger partial charge on any atom is 0.223 e. The average molecular weight is 423 g/mol. The lowest BCUT2D eigenvalue weighted by atomic mass is 10.1. The number of likely N-dealkylation sites (tertiary alicyclic amines) is 1. The number of amides is 1. The predicted molar refractivity (Wildman–Crippen MR) is 125 cm³/mol. The third-order valence-electron chi connectivity index (χ3n) is 5.49. The van der Waals surface area contributed by atoms with Gasteiger partial charge in [-0.3, -0.25) is 9.79 Å². The van der Waals surface area contributed by atoms with E-state index in [2.05, 4.69) is 46.8 Å². The second kappa shape index (κ2) is 12.0. The molecule has 1 heterocycles. The van der Waals surface area contributed by atoms with Gasteiger partial charge in [0.1, 0.15) is 5.75 Å². The highest BCUT2D eigenvalue weighted by molar-refractivity contribution is 5.80. The fourth-order valence-corrected chi connectivity index (χ4v) is 3.68. The number of guanidine groups is 1. The Labute approximate surface area is 185 Å². The van der Waals surface area contributed by atoms with Crippen molar-refractivity contribution in [2.24, 2.45) is 10.9 Å². The molecule has 0 aliphatic carbocycles. The first-order chi connectivity index (χ1) is 15.1. The van der Waals surface area contributed by atoms with Crippen LogP contribution in [-0.4, -0.2) is 56.6 Å². The number of aryl methyl sites for hydroxylation is 1. The maximum absolute atomic E-state index is 12.3. The average Bonchev–Trinajstić information content (AvgIpc) is 3.15. The molecule has 6 nitrogen and oxygen atoms in total. The van der Waals surface area contributed by atoms with Crippen LogP contribution < -0.4 is 15.4 Å². The van der Waals surface area contributed by atoms with E-state index >= 15 is 0 Å². The molecule has 3 rings (SSSR count). The summed E-state index contributed by atoms with van der Waals surface area (Å²) in [5.41, 5.74) is 2.50. The van der Waals surface area contributed by atoms with Crippen LogP contribution in [0.15, 0.2) is 59.6 Å². The highest BCUT2D eigenvalue weighted by Crippen LogP contribution is 2.17. The van der Waals surface area contributed by atoms with Gasteiger partial charge >= 0.3 is 0 Å². The molecule has 2 aromatic carbocycles. The van der Waals surface area contributed by atoms with E-state index in [4.69, 9.17) is 4.74 Å². The standard InChI is InChI=1S/C25H34N4O2/c1-20-9-11-23(12-10-20)31-16-6-14-27-25(26-2)28-18-22-17-24(30)29(19-22)15-13-21-7-4-3-5-8-21/h3-5,7-12,22H,6,13-19H2,1-2H3,(H2,26,27,28). The molecule has 1 aliphatic heterocycles. The highest BCUT2D eigenvalue weighted by Gasteiger charge is 2.29. The summed E-state index contributed by atoms with van der Waals surface area (Å²) in [5.74, 6) is 2.23. The normalized spacial score (nSPS) is 16.5. The number of rotatable bonds is 10. The largest absolute Gasteiger partial charge is 0.494 e. The molecule has 1 fully saturated rings. The van der Waals surface area contributed by atoms with Crippen LogP contribution in [0.1, 0.15) is 24.0 Å². The second-order valence-electron chi connectivity index (χ2n) is 8.04. The molecule has 0 spiro atoms. The fourth-order valence-electron chi connectivity index (χ4n) is 3.68. The molecule has 2 N–H and O–H groups in total. The van der Waals surface area contributed by atoms with Crippen molar-refractivity contribution < 1.29 is 9.53 Å². The zero-order chi connectivity index (χ0) is 21.9. The molecule has 1 atom stereocenters. The summed E-state index contributed by atoms with van der Waals surface area (Å²) in [7, 11) is 1.77. The van der Waals surface area contributed by atoms with Gasteiger partial charge in [0.05, 0.1) is 6.61 Å². The van der Waals surface area contributed by atoms with Crippen molar-refractivity contribution in [1.29, 1.82) is 0 Å². The molecule has 1 saturated heterocycles. The van der Waals surface area contributed by atoms with Gasteiger partial charge in [-0.15, -0.1) is 0 Å². The predicted octanol–water partition coefficient (Wildman–Crippen LogP) is 3.02. The first-order valence-electron chi connectivity index (χ1n) is 11.1. The summed E-state index contributed by atoms with van der Waals surface area (Å²) >= 11 is 0. The molecule has 1 aliphatic rings. The highest BCUT2D eigenvalue weighted by atomic mass is 16.5. The molecule has 1 amide bonds. The lowest BCUT2D eigenvalue weighted by Gasteiger charge is -2.18. The first kappa shape index (κ1) is 22.7. The molecule has 0 saturated carbocycles. The Kier molecular flexibility index (Phi) is 8.76. The minimum absolute atomic E-state index is 0.249. The summed E-state index contributed by atoms with van der Waals surface area (Å²) in [5, 5.41) is 6.68. The van der Waals surface area contributed by atoms with Gasteiger partial charge in [0.15, 0.2) is 5.96 Å². The molecule has 0 aromatic heterocycles. The van der Waals surface area contributed by atoms with Gasteiger partial charge in [-0.2, -0.15) is 0 Å². The molecule has 0 bridgehead atoms. The van der Waals surface area contributed by atoms with Crippen LogP contribution in [0.2, 0.25) is 0 Å². The van der Waals surface area contributed by atoms with Gasteiger partial charge in [0.25, 0.3) is 0 Å². The smallest absolute Gasteiger partial charge is 0.223 e. The molecule has 1 unspecified atom stereocenters. The third kappa shape index (κ3) is 7.63. The molecule has 0 radical (unpaired) electrons. The van der Waals surface area contributed by atoms with E-state index in [1.54, 1.807) is 7.05 Å². The number of benzene rings is 2. The summed E-state index contributed by atoms with van der Waals surface area (Å²) in [6.07, 6.45) is 2.38. The third-order valence-corrected chi connectivity index (χ3v) is 5.49. The van der Waals surface area contributed by atoms with Crippen LogP contribution in [0.25, 0.3) is 0 Å². The van der Waals surface area contributed by atoms with Gasteiger partial charge in [-0.1, -0.05) is 48.0 Å². The van der Waals surface area contributed by atoms with Crippen molar-refractivity contribution in [2.75, 3.05) is 39.8 Å². The molecule has 2 aromatic rings. The Balaban J connectivity index is 1.30. The number of nitrogens with zero attached hydrogens (tertiary/aromatic N) is 2. The zero-order valence-electron chi connectivity index (χ0n) is 18.6. The Morgan fingerprint density at radius 2 is 1.90 bits per heavy atom. The number of hydrogen-bond donors (Lipinski definition) is 2. The fraction of sp³-hybridized carbons (Fsp3) is 0.440. The lowest BCUT2D eigenvalue weighted by molar-refractivity contribution is -0.127. The molecular weight excluding hydrogens is 388 g/mol. The topological polar surface area (TPSA) is 66.0 Å². The number of hydrogen-bond acceptors (Lipinski definition) is 3. The summed E-state index contributed by atoms with van der Waals surface area (Å²) in [4.78, 5) is 18.6. The number of aliphatic imine (C=N–C) groups is 1. The Morgan fingerprint density at radius 1 is 1.13 bits per heavy atom. The van der Waals surface area contributed by atoms with Crippen molar-refractivity contribution in [3.63, 3.8) is 0 Å². The van der Waals surface area contributed by atoms with Gasteiger partial charge in [0, 0.05) is 45.6 Å².